The lowest BCUT2D eigenvalue weighted by Crippen LogP contribution is -1.85. The summed E-state index contributed by atoms with van der Waals surface area (Å²) in [5.74, 6) is 0. The first-order chi connectivity index (χ1) is 11.9. The highest BCUT2D eigenvalue weighted by Gasteiger charge is 2.04. The molecule has 1 heteroatoms. The predicted molar refractivity (Wildman–Crippen MR) is 101 cm³/mol. The molecule has 1 aromatic heterocycles. The fourth-order valence-corrected chi connectivity index (χ4v) is 2.90. The highest BCUT2D eigenvalue weighted by Crippen LogP contribution is 2.28. The van der Waals surface area contributed by atoms with Crippen LogP contribution in [0, 0.1) is 0 Å². The van der Waals surface area contributed by atoms with E-state index in [4.69, 9.17) is 0 Å². The van der Waals surface area contributed by atoms with Gasteiger partial charge in [-0.05, 0) is 46.5 Å². The molecule has 1 heterocycles. The standard InChI is InChI=1S/C23H17N/c1-2-8-18(9-3-1)19-10-6-11-20(16-19)21-12-7-13-22(17-21)23-14-4-5-15-24-23/h1-17H. The van der Waals surface area contributed by atoms with Crippen LogP contribution in [0.25, 0.3) is 33.5 Å². The van der Waals surface area contributed by atoms with Gasteiger partial charge in [-0.2, -0.15) is 0 Å². The van der Waals surface area contributed by atoms with Crippen molar-refractivity contribution in [2.24, 2.45) is 0 Å². The van der Waals surface area contributed by atoms with Crippen LogP contribution in [0.15, 0.2) is 103 Å². The largest absolute Gasteiger partial charge is 0.256 e. The van der Waals surface area contributed by atoms with E-state index in [9.17, 15) is 0 Å². The molecule has 0 N–H and O–H groups in total. The molecule has 114 valence electrons. The maximum absolute atomic E-state index is 4.45. The van der Waals surface area contributed by atoms with Crippen LogP contribution in [0.1, 0.15) is 0 Å². The highest BCUT2D eigenvalue weighted by molar-refractivity contribution is 5.76. The quantitative estimate of drug-likeness (QED) is 0.447. The van der Waals surface area contributed by atoms with Gasteiger partial charge in [-0.25, -0.2) is 0 Å². The Labute approximate surface area is 142 Å². The molecule has 0 bridgehead atoms. The van der Waals surface area contributed by atoms with Crippen LogP contribution < -0.4 is 0 Å². The molecule has 3 aromatic carbocycles. The van der Waals surface area contributed by atoms with Gasteiger partial charge >= 0.3 is 0 Å². The van der Waals surface area contributed by atoms with Gasteiger partial charge in [0, 0.05) is 11.8 Å². The lowest BCUT2D eigenvalue weighted by Gasteiger charge is -2.08. The second-order valence-electron chi connectivity index (χ2n) is 5.74. The lowest BCUT2D eigenvalue weighted by atomic mass is 9.97. The molecule has 0 spiro atoms. The van der Waals surface area contributed by atoms with Gasteiger partial charge < -0.3 is 0 Å². The molecule has 24 heavy (non-hydrogen) atoms. The summed E-state index contributed by atoms with van der Waals surface area (Å²) in [6.07, 6.45) is 1.83. The van der Waals surface area contributed by atoms with E-state index in [2.05, 4.69) is 77.8 Å². The van der Waals surface area contributed by atoms with Gasteiger partial charge in [0.2, 0.25) is 0 Å². The Kier molecular flexibility index (Phi) is 3.91. The molecular weight excluding hydrogens is 290 g/mol. The van der Waals surface area contributed by atoms with Crippen molar-refractivity contribution in [2.75, 3.05) is 0 Å². The number of nitrogens with zero attached hydrogens (tertiary/aromatic N) is 1. The van der Waals surface area contributed by atoms with E-state index in [1.54, 1.807) is 0 Å². The van der Waals surface area contributed by atoms with E-state index < -0.39 is 0 Å². The topological polar surface area (TPSA) is 12.9 Å². The van der Waals surface area contributed by atoms with E-state index in [0.29, 0.717) is 0 Å². The van der Waals surface area contributed by atoms with Crippen molar-refractivity contribution in [1.29, 1.82) is 0 Å². The Morgan fingerprint density at radius 1 is 0.417 bits per heavy atom. The van der Waals surface area contributed by atoms with Gasteiger partial charge in [-0.1, -0.05) is 72.8 Å². The first-order valence-electron chi connectivity index (χ1n) is 8.07. The fourth-order valence-electron chi connectivity index (χ4n) is 2.90. The summed E-state index contributed by atoms with van der Waals surface area (Å²) < 4.78 is 0. The predicted octanol–water partition coefficient (Wildman–Crippen LogP) is 6.08. The van der Waals surface area contributed by atoms with Crippen molar-refractivity contribution >= 4 is 0 Å². The molecule has 0 saturated carbocycles. The molecule has 4 aromatic rings. The number of aromatic nitrogens is 1. The van der Waals surface area contributed by atoms with E-state index in [-0.39, 0.29) is 0 Å². The molecular formula is C23H17N. The average Bonchev–Trinajstić information content (AvgIpc) is 2.70. The van der Waals surface area contributed by atoms with Crippen LogP contribution in [-0.4, -0.2) is 4.98 Å². The van der Waals surface area contributed by atoms with Gasteiger partial charge in [0.15, 0.2) is 0 Å². The summed E-state index contributed by atoms with van der Waals surface area (Å²) in [6, 6.07) is 33.7. The van der Waals surface area contributed by atoms with Crippen LogP contribution in [0.3, 0.4) is 0 Å². The molecule has 0 atom stereocenters. The molecule has 0 aliphatic heterocycles. The smallest absolute Gasteiger partial charge is 0.0702 e. The number of pyridine rings is 1. The maximum Gasteiger partial charge on any atom is 0.0702 e. The monoisotopic (exact) mass is 307 g/mol. The van der Waals surface area contributed by atoms with Gasteiger partial charge in [0.25, 0.3) is 0 Å². The first-order valence-corrected chi connectivity index (χ1v) is 8.07. The third-order valence-electron chi connectivity index (χ3n) is 4.13. The number of hydrogen-bond acceptors (Lipinski definition) is 1. The first kappa shape index (κ1) is 14.4. The lowest BCUT2D eigenvalue weighted by molar-refractivity contribution is 1.33. The Morgan fingerprint density at radius 3 is 1.62 bits per heavy atom. The summed E-state index contributed by atoms with van der Waals surface area (Å²) in [5, 5.41) is 0. The Bertz CT molecular complexity index is 863. The molecule has 0 unspecified atom stereocenters. The number of rotatable bonds is 3. The van der Waals surface area contributed by atoms with E-state index in [0.717, 1.165) is 11.3 Å². The molecule has 0 fully saturated rings. The van der Waals surface area contributed by atoms with Crippen molar-refractivity contribution in [1.82, 2.24) is 4.98 Å². The summed E-state index contributed by atoms with van der Waals surface area (Å²) in [7, 11) is 0. The third kappa shape index (κ3) is 2.97. The van der Waals surface area contributed by atoms with Crippen LogP contribution in [0.5, 0.6) is 0 Å². The zero-order valence-electron chi connectivity index (χ0n) is 13.3. The van der Waals surface area contributed by atoms with Gasteiger partial charge in [-0.15, -0.1) is 0 Å². The van der Waals surface area contributed by atoms with Crippen molar-refractivity contribution in [2.45, 2.75) is 0 Å². The minimum atomic E-state index is 0.999. The molecule has 0 saturated heterocycles. The zero-order chi connectivity index (χ0) is 16.2. The third-order valence-corrected chi connectivity index (χ3v) is 4.13. The number of benzene rings is 3. The van der Waals surface area contributed by atoms with Crippen LogP contribution in [0.4, 0.5) is 0 Å². The van der Waals surface area contributed by atoms with Gasteiger partial charge in [-0.3, -0.25) is 4.98 Å². The van der Waals surface area contributed by atoms with Crippen molar-refractivity contribution < 1.29 is 0 Å². The molecule has 0 amide bonds. The van der Waals surface area contributed by atoms with Crippen LogP contribution >= 0.6 is 0 Å². The minimum Gasteiger partial charge on any atom is -0.256 e. The van der Waals surface area contributed by atoms with Gasteiger partial charge in [0.05, 0.1) is 5.69 Å². The summed E-state index contributed by atoms with van der Waals surface area (Å²) in [5.41, 5.74) is 7.03. The van der Waals surface area contributed by atoms with E-state index in [1.165, 1.54) is 22.3 Å². The Hall–Kier alpha value is -3.19. The van der Waals surface area contributed by atoms with Gasteiger partial charge in [0.1, 0.15) is 0 Å². The average molecular weight is 307 g/mol. The van der Waals surface area contributed by atoms with Crippen molar-refractivity contribution in [3.63, 3.8) is 0 Å². The molecule has 1 nitrogen and oxygen atoms in total. The molecule has 4 rings (SSSR count). The molecule has 0 aliphatic carbocycles. The molecule has 0 aliphatic rings. The zero-order valence-corrected chi connectivity index (χ0v) is 13.3. The maximum atomic E-state index is 4.45. The van der Waals surface area contributed by atoms with E-state index >= 15 is 0 Å². The number of hydrogen-bond donors (Lipinski definition) is 0. The summed E-state index contributed by atoms with van der Waals surface area (Å²) in [4.78, 5) is 4.45. The second-order valence-corrected chi connectivity index (χ2v) is 5.74. The second kappa shape index (κ2) is 6.51. The Morgan fingerprint density at radius 2 is 0.958 bits per heavy atom. The minimum absolute atomic E-state index is 0.999. The Balaban J connectivity index is 1.75. The SMILES string of the molecule is c1ccc(-c2cccc(-c3cccc(-c4ccccn4)c3)c2)cc1. The van der Waals surface area contributed by atoms with Crippen LogP contribution in [-0.2, 0) is 0 Å². The van der Waals surface area contributed by atoms with E-state index in [1.807, 2.05) is 30.5 Å². The summed E-state index contributed by atoms with van der Waals surface area (Å²) in [6.45, 7) is 0. The van der Waals surface area contributed by atoms with Crippen molar-refractivity contribution in [3.05, 3.63) is 103 Å². The normalized spacial score (nSPS) is 10.5. The fraction of sp³-hybridized carbons (Fsp3) is 0. The molecule has 0 radical (unpaired) electrons. The van der Waals surface area contributed by atoms with Crippen LogP contribution in [0.2, 0.25) is 0 Å². The van der Waals surface area contributed by atoms with Crippen molar-refractivity contribution in [3.8, 4) is 33.5 Å². The highest BCUT2D eigenvalue weighted by atomic mass is 14.7. The summed E-state index contributed by atoms with van der Waals surface area (Å²) >= 11 is 0.